The van der Waals surface area contributed by atoms with Crippen molar-refractivity contribution in [3.05, 3.63) is 38.9 Å². The molecule has 0 bridgehead atoms. The summed E-state index contributed by atoms with van der Waals surface area (Å²) in [7, 11) is 1.45. The van der Waals surface area contributed by atoms with Crippen LogP contribution in [0.5, 0.6) is 0 Å². The maximum absolute atomic E-state index is 12.1. The lowest BCUT2D eigenvalue weighted by atomic mass is 10.2. The van der Waals surface area contributed by atoms with E-state index in [0.29, 0.717) is 6.54 Å². The second-order valence-electron chi connectivity index (χ2n) is 4.43. The molecule has 7 nitrogen and oxygen atoms in total. The van der Waals surface area contributed by atoms with Gasteiger partial charge in [-0.15, -0.1) is 0 Å². The van der Waals surface area contributed by atoms with E-state index >= 15 is 0 Å². The van der Waals surface area contributed by atoms with Gasteiger partial charge in [0.1, 0.15) is 5.02 Å². The average molecular weight is 314 g/mol. The summed E-state index contributed by atoms with van der Waals surface area (Å²) in [6.45, 7) is 2.34. The zero-order valence-corrected chi connectivity index (χ0v) is 12.5. The molecular formula is C13H16ClN3O4. The molecule has 0 unspecified atom stereocenters. The molecule has 0 atom stereocenters. The van der Waals surface area contributed by atoms with Crippen molar-refractivity contribution in [3.8, 4) is 0 Å². The van der Waals surface area contributed by atoms with Crippen molar-refractivity contribution >= 4 is 29.1 Å². The van der Waals surface area contributed by atoms with Crippen LogP contribution in [-0.4, -0.2) is 41.8 Å². The average Bonchev–Trinajstić information content (AvgIpc) is 2.44. The topological polar surface area (TPSA) is 92.6 Å². The summed E-state index contributed by atoms with van der Waals surface area (Å²) in [5.41, 5.74) is -0.233. The molecule has 1 aromatic carbocycles. The van der Waals surface area contributed by atoms with Crippen LogP contribution >= 0.6 is 11.6 Å². The Balaban J connectivity index is 2.81. The lowest BCUT2D eigenvalue weighted by Crippen LogP contribution is -2.38. The Bertz CT molecular complexity index is 562. The number of nitrogens with zero attached hydrogens (tertiary/aromatic N) is 2. The second kappa shape index (κ2) is 7.58. The number of hydrogen-bond donors (Lipinski definition) is 1. The van der Waals surface area contributed by atoms with E-state index < -0.39 is 10.8 Å². The smallest absolute Gasteiger partial charge is 0.288 e. The molecule has 114 valence electrons. The van der Waals surface area contributed by atoms with Crippen LogP contribution in [0.25, 0.3) is 0 Å². The van der Waals surface area contributed by atoms with Crippen LogP contribution in [0.4, 0.5) is 5.69 Å². The van der Waals surface area contributed by atoms with E-state index in [1.165, 1.54) is 24.1 Å². The molecule has 0 heterocycles. The predicted octanol–water partition coefficient (Wildman–Crippen LogP) is 1.85. The fraction of sp³-hybridized carbons (Fsp3) is 0.385. The first-order valence-corrected chi connectivity index (χ1v) is 6.70. The Hall–Kier alpha value is -2.15. The Morgan fingerprint density at radius 3 is 2.67 bits per heavy atom. The van der Waals surface area contributed by atoms with Gasteiger partial charge in [0.2, 0.25) is 5.91 Å². The normalized spacial score (nSPS) is 10.0. The van der Waals surface area contributed by atoms with Crippen LogP contribution < -0.4 is 5.32 Å². The Morgan fingerprint density at radius 2 is 2.10 bits per heavy atom. The fourth-order valence-electron chi connectivity index (χ4n) is 1.61. The van der Waals surface area contributed by atoms with Crippen LogP contribution in [-0.2, 0) is 4.79 Å². The molecule has 0 aromatic heterocycles. The number of hydrogen-bond acceptors (Lipinski definition) is 4. The van der Waals surface area contributed by atoms with Gasteiger partial charge >= 0.3 is 0 Å². The van der Waals surface area contributed by atoms with Gasteiger partial charge in [0.15, 0.2) is 0 Å². The number of nitrogens with one attached hydrogen (secondary N) is 1. The van der Waals surface area contributed by atoms with Crippen molar-refractivity contribution in [1.29, 1.82) is 0 Å². The number of halogens is 1. The van der Waals surface area contributed by atoms with E-state index in [0.717, 1.165) is 12.5 Å². The van der Waals surface area contributed by atoms with Gasteiger partial charge in [-0.25, -0.2) is 0 Å². The summed E-state index contributed by atoms with van der Waals surface area (Å²) in [6, 6.07) is 3.78. The highest BCUT2D eigenvalue weighted by molar-refractivity contribution is 6.32. The monoisotopic (exact) mass is 313 g/mol. The first-order valence-electron chi connectivity index (χ1n) is 6.33. The number of rotatable bonds is 6. The molecule has 0 radical (unpaired) electrons. The number of carbonyl (C=O) groups is 2. The largest absolute Gasteiger partial charge is 0.355 e. The van der Waals surface area contributed by atoms with Crippen LogP contribution in [0.2, 0.25) is 5.02 Å². The van der Waals surface area contributed by atoms with Crippen molar-refractivity contribution in [2.75, 3.05) is 20.1 Å². The molecule has 0 aliphatic carbocycles. The number of nitro groups is 1. The first kappa shape index (κ1) is 16.9. The number of amides is 2. The molecule has 1 N–H and O–H groups in total. The van der Waals surface area contributed by atoms with Gasteiger partial charge in [-0.3, -0.25) is 19.7 Å². The summed E-state index contributed by atoms with van der Waals surface area (Å²) in [5.74, 6) is -0.766. The van der Waals surface area contributed by atoms with Crippen LogP contribution in [0, 0.1) is 10.1 Å². The minimum Gasteiger partial charge on any atom is -0.355 e. The van der Waals surface area contributed by atoms with E-state index in [4.69, 9.17) is 11.6 Å². The highest BCUT2D eigenvalue weighted by Crippen LogP contribution is 2.25. The Morgan fingerprint density at radius 1 is 1.43 bits per heavy atom. The molecule has 0 saturated heterocycles. The summed E-state index contributed by atoms with van der Waals surface area (Å²) in [4.78, 5) is 35.0. The van der Waals surface area contributed by atoms with E-state index in [2.05, 4.69) is 5.32 Å². The SMILES string of the molecule is CCCNC(=O)CN(C)C(=O)c1ccc(Cl)c([N+](=O)[O-])c1. The fourth-order valence-corrected chi connectivity index (χ4v) is 1.80. The highest BCUT2D eigenvalue weighted by Gasteiger charge is 2.19. The maximum Gasteiger partial charge on any atom is 0.288 e. The molecule has 21 heavy (non-hydrogen) atoms. The van der Waals surface area contributed by atoms with Gasteiger partial charge in [0.25, 0.3) is 11.6 Å². The summed E-state index contributed by atoms with van der Waals surface area (Å²) in [5, 5.41) is 13.4. The van der Waals surface area contributed by atoms with Gasteiger partial charge in [0.05, 0.1) is 11.5 Å². The Kier molecular flexibility index (Phi) is 6.10. The Labute approximate surface area is 127 Å². The zero-order valence-electron chi connectivity index (χ0n) is 11.8. The maximum atomic E-state index is 12.1. The van der Waals surface area contributed by atoms with E-state index in [-0.39, 0.29) is 28.7 Å². The molecule has 0 saturated carbocycles. The molecule has 2 amide bonds. The standard InChI is InChI=1S/C13H16ClN3O4/c1-3-6-15-12(18)8-16(2)13(19)9-4-5-10(14)11(7-9)17(20)21/h4-5,7H,3,6,8H2,1-2H3,(H,15,18). The second-order valence-corrected chi connectivity index (χ2v) is 4.84. The molecular weight excluding hydrogens is 298 g/mol. The number of benzene rings is 1. The number of nitro benzene ring substituents is 1. The van der Waals surface area contributed by atoms with Gasteiger partial charge in [0, 0.05) is 25.2 Å². The lowest BCUT2D eigenvalue weighted by molar-refractivity contribution is -0.384. The van der Waals surface area contributed by atoms with Crippen molar-refractivity contribution in [1.82, 2.24) is 10.2 Å². The third-order valence-corrected chi connectivity index (χ3v) is 3.01. The first-order chi connectivity index (χ1) is 9.86. The van der Waals surface area contributed by atoms with E-state index in [1.54, 1.807) is 0 Å². The van der Waals surface area contributed by atoms with Crippen LogP contribution in [0.1, 0.15) is 23.7 Å². The molecule has 0 aliphatic rings. The third kappa shape index (κ3) is 4.71. The minimum atomic E-state index is -0.660. The third-order valence-electron chi connectivity index (χ3n) is 2.69. The molecule has 0 spiro atoms. The number of likely N-dealkylation sites (N-methyl/N-ethyl adjacent to an activating group) is 1. The van der Waals surface area contributed by atoms with E-state index in [1.807, 2.05) is 6.92 Å². The summed E-state index contributed by atoms with van der Waals surface area (Å²) >= 11 is 5.69. The minimum absolute atomic E-state index is 0.0418. The van der Waals surface area contributed by atoms with Crippen LogP contribution in [0.15, 0.2) is 18.2 Å². The van der Waals surface area contributed by atoms with Crippen LogP contribution in [0.3, 0.4) is 0 Å². The van der Waals surface area contributed by atoms with Gasteiger partial charge in [-0.1, -0.05) is 18.5 Å². The van der Waals surface area contributed by atoms with Crippen molar-refractivity contribution in [3.63, 3.8) is 0 Å². The molecule has 0 fully saturated rings. The van der Waals surface area contributed by atoms with Crippen molar-refractivity contribution in [2.45, 2.75) is 13.3 Å². The molecule has 1 aromatic rings. The molecule has 0 aliphatic heterocycles. The zero-order chi connectivity index (χ0) is 16.0. The predicted molar refractivity (Wildman–Crippen MR) is 78.4 cm³/mol. The van der Waals surface area contributed by atoms with Crippen molar-refractivity contribution in [2.24, 2.45) is 0 Å². The molecule has 8 heteroatoms. The van der Waals surface area contributed by atoms with Crippen molar-refractivity contribution < 1.29 is 14.5 Å². The number of carbonyl (C=O) groups excluding carboxylic acids is 2. The lowest BCUT2D eigenvalue weighted by Gasteiger charge is -2.16. The van der Waals surface area contributed by atoms with Gasteiger partial charge < -0.3 is 10.2 Å². The van der Waals surface area contributed by atoms with E-state index in [9.17, 15) is 19.7 Å². The molecule has 1 rings (SSSR count). The van der Waals surface area contributed by atoms with Gasteiger partial charge in [-0.2, -0.15) is 0 Å². The highest BCUT2D eigenvalue weighted by atomic mass is 35.5. The summed E-state index contributed by atoms with van der Waals surface area (Å²) in [6.07, 6.45) is 0.798. The van der Waals surface area contributed by atoms with Gasteiger partial charge in [-0.05, 0) is 18.6 Å². The summed E-state index contributed by atoms with van der Waals surface area (Å²) < 4.78 is 0. The quantitative estimate of drug-likeness (QED) is 0.640.